The van der Waals surface area contributed by atoms with E-state index in [0.717, 1.165) is 6.42 Å². The van der Waals surface area contributed by atoms with Gasteiger partial charge in [-0.25, -0.2) is 4.79 Å². The van der Waals surface area contributed by atoms with Crippen LogP contribution in [0.5, 0.6) is 0 Å². The number of aliphatic hydroxyl groups excluding tert-OH is 1. The Balaban J connectivity index is 1.73. The summed E-state index contributed by atoms with van der Waals surface area (Å²) in [5.41, 5.74) is 0.507. The molecular weight excluding hydrogens is 270 g/mol. The second-order valence-electron chi connectivity index (χ2n) is 4.85. The van der Waals surface area contributed by atoms with Crippen molar-refractivity contribution in [3.05, 3.63) is 48.0 Å². The lowest BCUT2D eigenvalue weighted by atomic mass is 10.1. The van der Waals surface area contributed by atoms with Crippen molar-refractivity contribution < 1.29 is 19.4 Å². The van der Waals surface area contributed by atoms with Crippen molar-refractivity contribution >= 4 is 11.9 Å². The molecule has 21 heavy (non-hydrogen) atoms. The summed E-state index contributed by atoms with van der Waals surface area (Å²) in [4.78, 5) is 24.7. The molecule has 2 rings (SSSR count). The molecule has 1 heterocycles. The number of piperidine rings is 1. The molecule has 1 amide bonds. The van der Waals surface area contributed by atoms with Crippen molar-refractivity contribution in [1.29, 1.82) is 0 Å². The number of nitrogens with zero attached hydrogens (tertiary/aromatic N) is 1. The molecule has 5 heteroatoms. The van der Waals surface area contributed by atoms with Crippen molar-refractivity contribution in [2.75, 3.05) is 13.2 Å². The number of amides is 1. The molecule has 1 aliphatic rings. The number of rotatable bonds is 5. The lowest BCUT2D eigenvalue weighted by Gasteiger charge is -2.30. The third-order valence-electron chi connectivity index (χ3n) is 3.32. The quantitative estimate of drug-likeness (QED) is 0.662. The van der Waals surface area contributed by atoms with E-state index in [1.165, 1.54) is 4.90 Å². The Kier molecular flexibility index (Phi) is 5.51. The first-order valence-corrected chi connectivity index (χ1v) is 7.03. The second-order valence-corrected chi connectivity index (χ2v) is 4.85. The van der Waals surface area contributed by atoms with Crippen LogP contribution < -0.4 is 0 Å². The Hall–Kier alpha value is -2.14. The van der Waals surface area contributed by atoms with E-state index in [2.05, 4.69) is 0 Å². The third-order valence-corrected chi connectivity index (χ3v) is 3.32. The molecule has 0 aliphatic carbocycles. The molecule has 1 aliphatic heterocycles. The zero-order chi connectivity index (χ0) is 15.1. The molecule has 1 atom stereocenters. The minimum Gasteiger partial charge on any atom is -0.458 e. The Labute approximate surface area is 123 Å². The monoisotopic (exact) mass is 289 g/mol. The number of likely N-dealkylation sites (tertiary alicyclic amines) is 1. The highest BCUT2D eigenvalue weighted by molar-refractivity contribution is 5.89. The van der Waals surface area contributed by atoms with Gasteiger partial charge in [-0.15, -0.1) is 0 Å². The molecule has 0 radical (unpaired) electrons. The van der Waals surface area contributed by atoms with E-state index in [9.17, 15) is 14.7 Å². The van der Waals surface area contributed by atoms with Gasteiger partial charge in [-0.1, -0.05) is 24.3 Å². The van der Waals surface area contributed by atoms with E-state index in [4.69, 9.17) is 4.74 Å². The molecule has 112 valence electrons. The Morgan fingerprint density at radius 1 is 1.33 bits per heavy atom. The van der Waals surface area contributed by atoms with Crippen LogP contribution >= 0.6 is 0 Å². The van der Waals surface area contributed by atoms with Crippen LogP contribution in [0.2, 0.25) is 0 Å². The summed E-state index contributed by atoms with van der Waals surface area (Å²) in [5.74, 6) is -0.422. The van der Waals surface area contributed by atoms with Gasteiger partial charge in [-0.2, -0.15) is 0 Å². The minimum absolute atomic E-state index is 0.0420. The number of benzene rings is 1. The van der Waals surface area contributed by atoms with Gasteiger partial charge in [0.2, 0.25) is 5.91 Å². The fourth-order valence-corrected chi connectivity index (χ4v) is 2.16. The highest BCUT2D eigenvalue weighted by Gasteiger charge is 2.24. The summed E-state index contributed by atoms with van der Waals surface area (Å²) in [5, 5.41) is 9.72. The molecule has 1 N–H and O–H groups in total. The maximum absolute atomic E-state index is 11.7. The van der Waals surface area contributed by atoms with Crippen LogP contribution in [0.15, 0.2) is 42.5 Å². The van der Waals surface area contributed by atoms with Gasteiger partial charge in [0.15, 0.2) is 0 Å². The van der Waals surface area contributed by atoms with E-state index in [0.29, 0.717) is 24.9 Å². The van der Waals surface area contributed by atoms with Gasteiger partial charge in [-0.3, -0.25) is 4.79 Å². The van der Waals surface area contributed by atoms with Crippen LogP contribution in [-0.2, 0) is 9.53 Å². The average Bonchev–Trinajstić information content (AvgIpc) is 2.50. The second kappa shape index (κ2) is 7.59. The van der Waals surface area contributed by atoms with Crippen LogP contribution in [0.1, 0.15) is 29.6 Å². The van der Waals surface area contributed by atoms with Crippen molar-refractivity contribution in [3.63, 3.8) is 0 Å². The fraction of sp³-hybridized carbons (Fsp3) is 0.375. The first-order chi connectivity index (χ1) is 10.2. The van der Waals surface area contributed by atoms with Crippen LogP contribution in [0.25, 0.3) is 0 Å². The van der Waals surface area contributed by atoms with E-state index < -0.39 is 6.23 Å². The van der Waals surface area contributed by atoms with Gasteiger partial charge in [0.05, 0.1) is 5.56 Å². The lowest BCUT2D eigenvalue weighted by Crippen LogP contribution is -2.43. The van der Waals surface area contributed by atoms with E-state index in [1.54, 1.807) is 36.4 Å². The van der Waals surface area contributed by atoms with Crippen molar-refractivity contribution in [2.24, 2.45) is 0 Å². The van der Waals surface area contributed by atoms with E-state index >= 15 is 0 Å². The lowest BCUT2D eigenvalue weighted by molar-refractivity contribution is -0.145. The van der Waals surface area contributed by atoms with Gasteiger partial charge in [0.25, 0.3) is 0 Å². The van der Waals surface area contributed by atoms with Crippen molar-refractivity contribution in [1.82, 2.24) is 4.90 Å². The predicted molar refractivity (Wildman–Crippen MR) is 77.4 cm³/mol. The summed E-state index contributed by atoms with van der Waals surface area (Å²) in [6, 6.07) is 8.76. The zero-order valence-corrected chi connectivity index (χ0v) is 11.8. The van der Waals surface area contributed by atoms with Crippen molar-refractivity contribution in [2.45, 2.75) is 25.5 Å². The normalized spacial score (nSPS) is 19.0. The molecule has 0 aromatic heterocycles. The topological polar surface area (TPSA) is 66.8 Å². The number of esters is 1. The van der Waals surface area contributed by atoms with Gasteiger partial charge >= 0.3 is 5.97 Å². The third kappa shape index (κ3) is 4.43. The maximum atomic E-state index is 11.7. The Bertz CT molecular complexity index is 512. The fourth-order valence-electron chi connectivity index (χ4n) is 2.16. The predicted octanol–water partition coefficient (Wildman–Crippen LogP) is 1.73. The van der Waals surface area contributed by atoms with Crippen LogP contribution in [0, 0.1) is 0 Å². The highest BCUT2D eigenvalue weighted by Crippen LogP contribution is 2.15. The molecule has 1 fully saturated rings. The van der Waals surface area contributed by atoms with Crippen LogP contribution in [0.4, 0.5) is 0 Å². The largest absolute Gasteiger partial charge is 0.458 e. The van der Waals surface area contributed by atoms with Gasteiger partial charge < -0.3 is 14.7 Å². The Morgan fingerprint density at radius 2 is 2.10 bits per heavy atom. The molecule has 1 saturated heterocycles. The number of ether oxygens (including phenoxy) is 1. The first kappa shape index (κ1) is 15.3. The molecule has 0 saturated carbocycles. The Morgan fingerprint density at radius 3 is 2.81 bits per heavy atom. The van der Waals surface area contributed by atoms with E-state index in [1.807, 2.05) is 6.07 Å². The van der Waals surface area contributed by atoms with Gasteiger partial charge in [0, 0.05) is 13.0 Å². The number of carbonyl (C=O) groups is 2. The average molecular weight is 289 g/mol. The van der Waals surface area contributed by atoms with Crippen molar-refractivity contribution in [3.8, 4) is 0 Å². The maximum Gasteiger partial charge on any atom is 0.338 e. The summed E-state index contributed by atoms with van der Waals surface area (Å²) >= 11 is 0. The number of hydrogen-bond acceptors (Lipinski definition) is 4. The summed E-state index contributed by atoms with van der Waals surface area (Å²) in [6.45, 7) is 0.481. The molecule has 5 nitrogen and oxygen atoms in total. The number of carbonyl (C=O) groups excluding carboxylic acids is 2. The molecular formula is C16H19NO4. The van der Waals surface area contributed by atoms with E-state index in [-0.39, 0.29) is 18.5 Å². The molecule has 0 bridgehead atoms. The van der Waals surface area contributed by atoms with Crippen LogP contribution in [0.3, 0.4) is 0 Å². The molecule has 1 unspecified atom stereocenters. The number of aliphatic hydroxyl groups is 1. The molecule has 1 aromatic carbocycles. The molecule has 0 spiro atoms. The highest BCUT2D eigenvalue weighted by atomic mass is 16.5. The minimum atomic E-state index is -0.706. The van der Waals surface area contributed by atoms with Crippen LogP contribution in [-0.4, -0.2) is 41.3 Å². The van der Waals surface area contributed by atoms with Gasteiger partial charge in [-0.05, 0) is 31.1 Å². The molecule has 1 aromatic rings. The standard InChI is InChI=1S/C16H19NO4/c18-14-9-6-10-15(19)17(14)11-4-5-12-21-16(20)13-7-2-1-3-8-13/h1-5,7-8,14,18H,6,9-12H2/b5-4+. The zero-order valence-electron chi connectivity index (χ0n) is 11.8. The number of hydrogen-bond donors (Lipinski definition) is 1. The summed E-state index contributed by atoms with van der Waals surface area (Å²) in [7, 11) is 0. The van der Waals surface area contributed by atoms with Gasteiger partial charge in [0.1, 0.15) is 12.8 Å². The smallest absolute Gasteiger partial charge is 0.338 e. The summed E-state index contributed by atoms with van der Waals surface area (Å²) in [6.07, 6.45) is 4.52. The SMILES string of the molecule is O=C(OC/C=C/CN1C(=O)CCCC1O)c1ccccc1. The summed E-state index contributed by atoms with van der Waals surface area (Å²) < 4.78 is 5.08. The first-order valence-electron chi connectivity index (χ1n) is 7.03.